The van der Waals surface area contributed by atoms with Gasteiger partial charge in [-0.1, -0.05) is 32.0 Å². The van der Waals surface area contributed by atoms with Crippen molar-refractivity contribution in [2.75, 3.05) is 26.7 Å². The van der Waals surface area contributed by atoms with Crippen LogP contribution in [-0.4, -0.2) is 67.5 Å². The molecule has 0 spiro atoms. The van der Waals surface area contributed by atoms with Crippen LogP contribution in [0, 0.1) is 11.7 Å². The molecule has 1 heterocycles. The van der Waals surface area contributed by atoms with Gasteiger partial charge in [-0.3, -0.25) is 4.79 Å². The second-order valence-electron chi connectivity index (χ2n) is 8.54. The first-order valence-corrected chi connectivity index (χ1v) is 12.5. The van der Waals surface area contributed by atoms with E-state index in [1.807, 2.05) is 6.92 Å². The smallest absolute Gasteiger partial charge is 0.247 e. The monoisotopic (exact) mass is 478 g/mol. The number of carbonyl (C=O) groups is 1. The molecule has 1 amide bonds. The van der Waals surface area contributed by atoms with Crippen LogP contribution in [-0.2, 0) is 14.8 Å². The largest absolute Gasteiger partial charge is 0.487 e. The molecule has 0 radical (unpaired) electrons. The number of halogens is 1. The number of ether oxygens (including phenoxy) is 1. The van der Waals surface area contributed by atoms with Gasteiger partial charge in [-0.05, 0) is 42.3 Å². The van der Waals surface area contributed by atoms with Gasteiger partial charge in [0.15, 0.2) is 0 Å². The lowest BCUT2D eigenvalue weighted by Gasteiger charge is -2.37. The minimum absolute atomic E-state index is 0.00460. The number of carbonyl (C=O) groups excluding carboxylic acids is 1. The predicted molar refractivity (Wildman–Crippen MR) is 124 cm³/mol. The third kappa shape index (κ3) is 5.37. The first-order chi connectivity index (χ1) is 15.6. The fourth-order valence-electron chi connectivity index (χ4n) is 3.91. The van der Waals surface area contributed by atoms with Crippen molar-refractivity contribution in [3.63, 3.8) is 0 Å². The number of benzene rings is 2. The van der Waals surface area contributed by atoms with Crippen molar-refractivity contribution < 1.29 is 27.4 Å². The Balaban J connectivity index is 2.11. The van der Waals surface area contributed by atoms with Crippen molar-refractivity contribution in [1.29, 1.82) is 0 Å². The molecule has 3 atom stereocenters. The summed E-state index contributed by atoms with van der Waals surface area (Å²) in [4.78, 5) is 13.8. The zero-order chi connectivity index (χ0) is 24.3. The molecule has 1 aliphatic heterocycles. The maximum absolute atomic E-state index is 13.5. The molecule has 0 fully saturated rings. The van der Waals surface area contributed by atoms with E-state index in [0.717, 1.165) is 0 Å². The molecule has 33 heavy (non-hydrogen) atoms. The maximum Gasteiger partial charge on any atom is 0.247 e. The van der Waals surface area contributed by atoms with E-state index in [2.05, 4.69) is 0 Å². The summed E-state index contributed by atoms with van der Waals surface area (Å²) >= 11 is 0. The molecule has 3 rings (SSSR count). The van der Waals surface area contributed by atoms with Crippen molar-refractivity contribution in [3.05, 3.63) is 48.3 Å². The van der Waals surface area contributed by atoms with Crippen LogP contribution in [0.25, 0.3) is 11.1 Å². The highest BCUT2D eigenvalue weighted by Gasteiger charge is 2.38. The van der Waals surface area contributed by atoms with Gasteiger partial charge in [0.05, 0.1) is 13.2 Å². The second kappa shape index (κ2) is 10.2. The van der Waals surface area contributed by atoms with Crippen LogP contribution in [0.4, 0.5) is 4.39 Å². The predicted octanol–water partition coefficient (Wildman–Crippen LogP) is 3.13. The lowest BCUT2D eigenvalue weighted by Crippen LogP contribution is -2.50. The number of aliphatic hydroxyl groups is 1. The van der Waals surface area contributed by atoms with Gasteiger partial charge in [0, 0.05) is 32.0 Å². The fraction of sp³-hybridized carbons (Fsp3) is 0.458. The highest BCUT2D eigenvalue weighted by Crippen LogP contribution is 2.36. The number of rotatable bonds is 6. The van der Waals surface area contributed by atoms with E-state index in [1.54, 1.807) is 50.1 Å². The first-order valence-electron chi connectivity index (χ1n) is 11.0. The van der Waals surface area contributed by atoms with Crippen molar-refractivity contribution in [3.8, 4) is 16.9 Å². The Labute approximate surface area is 194 Å². The van der Waals surface area contributed by atoms with Crippen LogP contribution in [0.5, 0.6) is 5.75 Å². The van der Waals surface area contributed by atoms with Crippen LogP contribution < -0.4 is 4.74 Å². The molecule has 2 aromatic rings. The van der Waals surface area contributed by atoms with Gasteiger partial charge >= 0.3 is 0 Å². The molecule has 0 unspecified atom stereocenters. The van der Waals surface area contributed by atoms with Crippen molar-refractivity contribution in [2.24, 2.45) is 5.92 Å². The van der Waals surface area contributed by atoms with Crippen LogP contribution in [0.15, 0.2) is 47.4 Å². The third-order valence-corrected chi connectivity index (χ3v) is 8.05. The highest BCUT2D eigenvalue weighted by molar-refractivity contribution is 7.89. The van der Waals surface area contributed by atoms with Gasteiger partial charge in [0.25, 0.3) is 0 Å². The molecule has 7 nitrogen and oxygen atoms in total. The number of hydrogen-bond acceptors (Lipinski definition) is 5. The Bertz CT molecular complexity index is 1090. The van der Waals surface area contributed by atoms with Crippen molar-refractivity contribution in [2.45, 2.75) is 44.2 Å². The molecule has 180 valence electrons. The van der Waals surface area contributed by atoms with Crippen LogP contribution in [0.3, 0.4) is 0 Å². The lowest BCUT2D eigenvalue weighted by atomic mass is 10.0. The highest BCUT2D eigenvalue weighted by atomic mass is 32.2. The van der Waals surface area contributed by atoms with Gasteiger partial charge in [0.2, 0.25) is 15.9 Å². The summed E-state index contributed by atoms with van der Waals surface area (Å²) in [6.07, 6.45) is -0.123. The van der Waals surface area contributed by atoms with Gasteiger partial charge < -0.3 is 14.7 Å². The number of amides is 1. The summed E-state index contributed by atoms with van der Waals surface area (Å²) in [6, 6.07) is 10.0. The molecular weight excluding hydrogens is 447 g/mol. The molecule has 0 saturated carbocycles. The van der Waals surface area contributed by atoms with E-state index in [1.165, 1.54) is 22.5 Å². The third-order valence-electron chi connectivity index (χ3n) is 6.03. The Morgan fingerprint density at radius 3 is 2.48 bits per heavy atom. The van der Waals surface area contributed by atoms with Crippen LogP contribution in [0.2, 0.25) is 0 Å². The quantitative estimate of drug-likeness (QED) is 0.689. The SMILES string of the molecule is CCC(=O)N(C)C[C@@H]1Oc2cc(-c3ccc(F)cc3)ccc2S(=O)(=O)N([C@H](C)CO)C[C@@H]1C. The molecule has 1 N–H and O–H groups in total. The van der Waals surface area contributed by atoms with Gasteiger partial charge in [-0.2, -0.15) is 4.31 Å². The Morgan fingerprint density at radius 2 is 1.88 bits per heavy atom. The number of nitrogens with zero attached hydrogens (tertiary/aromatic N) is 2. The number of sulfonamides is 1. The molecule has 2 aromatic carbocycles. The van der Waals surface area contributed by atoms with Crippen molar-refractivity contribution in [1.82, 2.24) is 9.21 Å². The van der Waals surface area contributed by atoms with E-state index in [-0.39, 0.29) is 48.0 Å². The van der Waals surface area contributed by atoms with E-state index >= 15 is 0 Å². The zero-order valence-electron chi connectivity index (χ0n) is 19.4. The molecule has 0 bridgehead atoms. The summed E-state index contributed by atoms with van der Waals surface area (Å²) in [6.45, 7) is 5.41. The minimum Gasteiger partial charge on any atom is -0.487 e. The maximum atomic E-state index is 13.5. The number of hydrogen-bond donors (Lipinski definition) is 1. The van der Waals surface area contributed by atoms with E-state index in [0.29, 0.717) is 17.5 Å². The average Bonchev–Trinajstić information content (AvgIpc) is 2.80. The summed E-state index contributed by atoms with van der Waals surface area (Å²) in [5.74, 6) is -0.499. The molecule has 1 aliphatic rings. The number of fused-ring (bicyclic) bond motifs is 1. The summed E-state index contributed by atoms with van der Waals surface area (Å²) in [5, 5.41) is 9.73. The Kier molecular flexibility index (Phi) is 7.76. The number of likely N-dealkylation sites (N-methyl/N-ethyl adjacent to an activating group) is 1. The Hall–Kier alpha value is -2.49. The summed E-state index contributed by atoms with van der Waals surface area (Å²) < 4.78 is 48.0. The molecule has 0 aromatic heterocycles. The van der Waals surface area contributed by atoms with E-state index in [4.69, 9.17) is 4.74 Å². The zero-order valence-corrected chi connectivity index (χ0v) is 20.2. The molecule has 9 heteroatoms. The normalized spacial score (nSPS) is 21.3. The van der Waals surface area contributed by atoms with E-state index < -0.39 is 22.2 Å². The average molecular weight is 479 g/mol. The van der Waals surface area contributed by atoms with Crippen LogP contribution >= 0.6 is 0 Å². The Morgan fingerprint density at radius 1 is 1.24 bits per heavy atom. The van der Waals surface area contributed by atoms with Gasteiger partial charge in [-0.25, -0.2) is 12.8 Å². The molecule has 0 saturated heterocycles. The summed E-state index contributed by atoms with van der Waals surface area (Å²) in [5.41, 5.74) is 1.39. The fourth-order valence-corrected chi connectivity index (χ4v) is 5.73. The van der Waals surface area contributed by atoms with Gasteiger partial charge in [0.1, 0.15) is 22.6 Å². The lowest BCUT2D eigenvalue weighted by molar-refractivity contribution is -0.131. The van der Waals surface area contributed by atoms with E-state index in [9.17, 15) is 22.7 Å². The molecule has 0 aliphatic carbocycles. The van der Waals surface area contributed by atoms with Gasteiger partial charge in [-0.15, -0.1) is 0 Å². The first kappa shape index (κ1) is 25.1. The van der Waals surface area contributed by atoms with Crippen LogP contribution in [0.1, 0.15) is 27.2 Å². The second-order valence-corrected chi connectivity index (χ2v) is 10.4. The number of aliphatic hydroxyl groups excluding tert-OH is 1. The summed E-state index contributed by atoms with van der Waals surface area (Å²) in [7, 11) is -2.26. The van der Waals surface area contributed by atoms with Crippen molar-refractivity contribution >= 4 is 15.9 Å². The molecular formula is C24H31FN2O5S. The topological polar surface area (TPSA) is 87.2 Å². The minimum atomic E-state index is -3.96. The standard InChI is InChI=1S/C24H31FN2O5S/c1-5-24(29)26(4)14-22-16(2)13-27(17(3)15-28)33(30,31)23-11-8-19(12-21(23)32-22)18-6-9-20(25)10-7-18/h6-12,16-17,22,28H,5,13-15H2,1-4H3/t16-,17+,22-/m0/s1.